The number of fused-ring (bicyclic) bond motifs is 3. The maximum Gasteiger partial charge on any atom is 0.255 e. The van der Waals surface area contributed by atoms with Gasteiger partial charge in [-0.1, -0.05) is 13.8 Å². The lowest BCUT2D eigenvalue weighted by Gasteiger charge is -2.50. The Labute approximate surface area is 235 Å². The molecule has 0 saturated heterocycles. The van der Waals surface area contributed by atoms with Crippen LogP contribution in [-0.2, 0) is 22.6 Å². The Kier molecular flexibility index (Phi) is 6.90. The number of hydrogen-bond donors (Lipinski definition) is 6. The van der Waals surface area contributed by atoms with Gasteiger partial charge < -0.3 is 31.5 Å². The molecule has 0 saturated carbocycles. The highest BCUT2D eigenvalue weighted by Crippen LogP contribution is 2.53. The predicted octanol–water partition coefficient (Wildman–Crippen LogP) is 2.35. The maximum atomic E-state index is 13.9. The van der Waals surface area contributed by atoms with E-state index in [1.165, 1.54) is 11.0 Å². The minimum Gasteiger partial charge on any atom is -0.510 e. The van der Waals surface area contributed by atoms with Gasteiger partial charge in [0.05, 0.1) is 11.6 Å². The third-order valence-electron chi connectivity index (χ3n) is 8.22. The summed E-state index contributed by atoms with van der Waals surface area (Å²) in [4.78, 5) is 43.0. The number of phenols is 1. The van der Waals surface area contributed by atoms with E-state index in [9.17, 15) is 34.8 Å². The van der Waals surface area contributed by atoms with Crippen LogP contribution in [-0.4, -0.2) is 74.6 Å². The van der Waals surface area contributed by atoms with Gasteiger partial charge in [-0.2, -0.15) is 0 Å². The van der Waals surface area contributed by atoms with Crippen molar-refractivity contribution in [3.8, 4) is 16.2 Å². The molecule has 1 aromatic heterocycles. The molecular weight excluding hydrogens is 534 g/mol. The smallest absolute Gasteiger partial charge is 0.255 e. The molecule has 0 spiro atoms. The van der Waals surface area contributed by atoms with Gasteiger partial charge >= 0.3 is 0 Å². The Bertz CT molecular complexity index is 1500. The molecule has 40 heavy (non-hydrogen) atoms. The second-order valence-corrected chi connectivity index (χ2v) is 12.4. The average Bonchev–Trinajstić information content (AvgIpc) is 3.33. The Morgan fingerprint density at radius 3 is 2.50 bits per heavy atom. The highest BCUT2D eigenvalue weighted by atomic mass is 32.1. The Hall–Kier alpha value is -3.51. The number of aliphatic hydroxyl groups is 3. The van der Waals surface area contributed by atoms with Crippen molar-refractivity contribution in [2.75, 3.05) is 14.1 Å². The molecule has 1 amide bonds. The molecule has 5 rings (SSSR count). The highest BCUT2D eigenvalue weighted by molar-refractivity contribution is 7.15. The summed E-state index contributed by atoms with van der Waals surface area (Å²) in [5, 5.41) is 48.2. The van der Waals surface area contributed by atoms with Gasteiger partial charge in [0.15, 0.2) is 11.4 Å². The van der Waals surface area contributed by atoms with Crippen LogP contribution in [0.3, 0.4) is 0 Å². The van der Waals surface area contributed by atoms with E-state index in [-0.39, 0.29) is 29.7 Å². The summed E-state index contributed by atoms with van der Waals surface area (Å²) in [5.41, 5.74) is 3.15. The highest BCUT2D eigenvalue weighted by Gasteiger charge is 2.63. The minimum absolute atomic E-state index is 0.00791. The number of likely N-dealkylation sites (N-methyl/N-ethyl adjacent to an activating group) is 1. The zero-order valence-electron chi connectivity index (χ0n) is 22.7. The quantitative estimate of drug-likeness (QED) is 0.286. The molecule has 7 N–H and O–H groups in total. The number of nitrogens with one attached hydrogen (secondary N) is 1. The summed E-state index contributed by atoms with van der Waals surface area (Å²) in [6, 6.07) is 6.47. The number of aromatic hydroxyl groups is 1. The number of hydrogen-bond acceptors (Lipinski definition) is 10. The largest absolute Gasteiger partial charge is 0.510 e. The van der Waals surface area contributed by atoms with Crippen LogP contribution in [0.4, 0.5) is 0 Å². The molecule has 10 nitrogen and oxygen atoms in total. The van der Waals surface area contributed by atoms with Gasteiger partial charge in [-0.05, 0) is 68.2 Å². The van der Waals surface area contributed by atoms with Crippen molar-refractivity contribution in [2.24, 2.45) is 17.6 Å². The normalized spacial score (nSPS) is 26.3. The summed E-state index contributed by atoms with van der Waals surface area (Å²) in [6.45, 7) is 4.82. The van der Waals surface area contributed by atoms with E-state index in [1.54, 1.807) is 31.5 Å². The Balaban J connectivity index is 1.64. The first-order valence-electron chi connectivity index (χ1n) is 13.1. The van der Waals surface area contributed by atoms with Crippen molar-refractivity contribution in [2.45, 2.75) is 50.9 Å². The van der Waals surface area contributed by atoms with Gasteiger partial charge in [-0.15, -0.1) is 11.3 Å². The molecule has 3 aliphatic carbocycles. The van der Waals surface area contributed by atoms with Crippen molar-refractivity contribution in [3.05, 3.63) is 62.9 Å². The number of amides is 1. The lowest BCUT2D eigenvalue weighted by atomic mass is 9.58. The molecule has 212 valence electrons. The van der Waals surface area contributed by atoms with Crippen LogP contribution in [0.5, 0.6) is 5.75 Å². The zero-order chi connectivity index (χ0) is 29.3. The summed E-state index contributed by atoms with van der Waals surface area (Å²) in [5.74, 6) is -6.59. The molecule has 1 aromatic carbocycles. The first-order chi connectivity index (χ1) is 18.8. The van der Waals surface area contributed by atoms with Gasteiger partial charge in [0.2, 0.25) is 5.78 Å². The number of carbonyl (C=O) groups is 3. The second kappa shape index (κ2) is 9.84. The molecule has 3 aliphatic rings. The van der Waals surface area contributed by atoms with Crippen molar-refractivity contribution in [3.63, 3.8) is 0 Å². The maximum absolute atomic E-state index is 13.9. The van der Waals surface area contributed by atoms with Crippen LogP contribution in [0.25, 0.3) is 10.4 Å². The number of primary amides is 1. The number of carbonyl (C=O) groups excluding carboxylic acids is 3. The van der Waals surface area contributed by atoms with E-state index >= 15 is 0 Å². The molecular formula is C29H33N3O7S. The van der Waals surface area contributed by atoms with Gasteiger partial charge in [0.1, 0.15) is 22.8 Å². The van der Waals surface area contributed by atoms with Crippen LogP contribution in [0.1, 0.15) is 41.1 Å². The first kappa shape index (κ1) is 28.0. The molecule has 4 atom stereocenters. The topological polar surface area (TPSA) is 173 Å². The van der Waals surface area contributed by atoms with Crippen molar-refractivity contribution in [1.29, 1.82) is 0 Å². The van der Waals surface area contributed by atoms with Crippen LogP contribution >= 0.6 is 11.3 Å². The van der Waals surface area contributed by atoms with E-state index in [2.05, 4.69) is 19.2 Å². The summed E-state index contributed by atoms with van der Waals surface area (Å²) >= 11 is 1.57. The third kappa shape index (κ3) is 4.07. The average molecular weight is 568 g/mol. The lowest BCUT2D eigenvalue weighted by molar-refractivity contribution is -0.148. The predicted molar refractivity (Wildman–Crippen MR) is 149 cm³/mol. The lowest BCUT2D eigenvalue weighted by Crippen LogP contribution is -2.63. The number of allylic oxidation sites excluding steroid dienone is 1. The van der Waals surface area contributed by atoms with Gasteiger partial charge in [0.25, 0.3) is 5.91 Å². The number of benzene rings is 1. The van der Waals surface area contributed by atoms with E-state index in [0.717, 1.165) is 15.3 Å². The summed E-state index contributed by atoms with van der Waals surface area (Å²) in [7, 11) is 3.21. The first-order valence-corrected chi connectivity index (χ1v) is 13.9. The van der Waals surface area contributed by atoms with Gasteiger partial charge in [0, 0.05) is 33.8 Å². The number of nitrogens with zero attached hydrogens (tertiary/aromatic N) is 1. The van der Waals surface area contributed by atoms with Gasteiger partial charge in [-0.25, -0.2) is 0 Å². The molecule has 1 heterocycles. The number of rotatable bonds is 6. The SMILES string of the molecule is CC(C)NCc1ccc(-c2ccc(O)c3c2CC2CC4C(N(C)C)C(O)=C(C(N)=O)C(=O)C4(O)C(O)=C2C3=O)s1. The second-order valence-electron chi connectivity index (χ2n) is 11.3. The number of phenolic OH excluding ortho intramolecular Hbond substituents is 1. The van der Waals surface area contributed by atoms with Crippen LogP contribution in [0, 0.1) is 11.8 Å². The fourth-order valence-electron chi connectivity index (χ4n) is 6.40. The number of thiophene rings is 1. The summed E-state index contributed by atoms with van der Waals surface area (Å²) < 4.78 is 0. The molecule has 4 unspecified atom stereocenters. The monoisotopic (exact) mass is 567 g/mol. The molecule has 0 aliphatic heterocycles. The molecule has 0 radical (unpaired) electrons. The van der Waals surface area contributed by atoms with E-state index in [4.69, 9.17) is 5.73 Å². The van der Waals surface area contributed by atoms with Gasteiger partial charge in [-0.3, -0.25) is 19.3 Å². The van der Waals surface area contributed by atoms with Crippen molar-refractivity contribution >= 4 is 28.8 Å². The van der Waals surface area contributed by atoms with E-state index in [0.29, 0.717) is 18.2 Å². The fraction of sp³-hybridized carbons (Fsp3) is 0.414. The molecule has 0 bridgehead atoms. The number of ketones is 2. The molecule has 11 heteroatoms. The van der Waals surface area contributed by atoms with Crippen LogP contribution in [0.2, 0.25) is 0 Å². The van der Waals surface area contributed by atoms with E-state index in [1.807, 2.05) is 12.1 Å². The number of nitrogens with two attached hydrogens (primary N) is 1. The van der Waals surface area contributed by atoms with E-state index < -0.39 is 58.0 Å². The third-order valence-corrected chi connectivity index (χ3v) is 9.34. The van der Waals surface area contributed by atoms with Crippen molar-refractivity contribution < 1.29 is 34.8 Å². The molecule has 2 aromatic rings. The van der Waals surface area contributed by atoms with Crippen molar-refractivity contribution in [1.82, 2.24) is 10.2 Å². The van der Waals surface area contributed by atoms with Crippen LogP contribution in [0.15, 0.2) is 46.9 Å². The minimum atomic E-state index is -2.65. The Morgan fingerprint density at radius 2 is 1.88 bits per heavy atom. The zero-order valence-corrected chi connectivity index (χ0v) is 23.5. The summed E-state index contributed by atoms with van der Waals surface area (Å²) in [6.07, 6.45) is 0.296. The number of aliphatic hydroxyl groups excluding tert-OH is 2. The standard InChI is InChI=1S/C29H33N3O7S/c1-12(2)31-11-14-5-8-19(40-14)15-6-7-18(33)21-16(15)9-13-10-17-23(32(3)4)25(35)22(28(30)38)27(37)29(17,39)26(36)20(13)24(21)34/h5-8,12-13,17,23,31,33,35-36,39H,9-11H2,1-4H3,(H2,30,38). The fourth-order valence-corrected chi connectivity index (χ4v) is 7.42. The van der Waals surface area contributed by atoms with Crippen LogP contribution < -0.4 is 11.1 Å². The Morgan fingerprint density at radius 1 is 1.18 bits per heavy atom. The number of Topliss-reactive ketones (excluding diaryl/α,β-unsaturated/α-hetero) is 2. The molecule has 0 fully saturated rings.